The molecule has 6 heteroatoms. The monoisotopic (exact) mass is 237 g/mol. The van der Waals surface area contributed by atoms with Crippen LogP contribution in [0.1, 0.15) is 0 Å². The Bertz CT molecular complexity index is 307. The van der Waals surface area contributed by atoms with E-state index in [1.165, 1.54) is 7.05 Å². The van der Waals surface area contributed by atoms with Gasteiger partial charge in [-0.15, -0.1) is 0 Å². The number of hydrogen-bond donors (Lipinski definition) is 1. The van der Waals surface area contributed by atoms with Gasteiger partial charge in [-0.05, 0) is 36.2 Å². The molecule has 14 heavy (non-hydrogen) atoms. The van der Waals surface area contributed by atoms with Gasteiger partial charge in [-0.1, -0.05) is 11.6 Å². The second kappa shape index (κ2) is 5.72. The second-order valence-electron chi connectivity index (χ2n) is 2.33. The summed E-state index contributed by atoms with van der Waals surface area (Å²) in [6, 6.07) is 6.98. The average Bonchev–Trinajstić information content (AvgIpc) is 2.08. The number of amides is 1. The smallest absolute Gasteiger partial charge is 0.417 e. The van der Waals surface area contributed by atoms with Gasteiger partial charge in [-0.25, -0.2) is 4.79 Å². The lowest BCUT2D eigenvalue weighted by Gasteiger charge is -2.10. The molecule has 0 fully saturated rings. The zero-order valence-electron chi connectivity index (χ0n) is 7.31. The van der Waals surface area contributed by atoms with E-state index < -0.39 is 6.09 Å². The molecular weight excluding hydrogens is 229 g/mol. The highest BCUT2D eigenvalue weighted by Gasteiger charge is 2.06. The standard InChI is InChI=1S/C8H8ClNO2S.FH/c1-10(8(11)12)13-7-4-2-6(9)3-5-7;/h2-5H,1H3,(H,11,12);1H. The molecule has 1 aromatic carbocycles. The molecule has 0 heterocycles. The second-order valence-corrected chi connectivity index (χ2v) is 3.96. The Morgan fingerprint density at radius 3 is 2.36 bits per heavy atom. The summed E-state index contributed by atoms with van der Waals surface area (Å²) in [6.45, 7) is 0. The van der Waals surface area contributed by atoms with Crippen LogP contribution in [0.4, 0.5) is 9.50 Å². The minimum absolute atomic E-state index is 0. The highest BCUT2D eigenvalue weighted by molar-refractivity contribution is 7.97. The molecule has 0 aromatic heterocycles. The number of nitrogens with zero attached hydrogens (tertiary/aromatic N) is 1. The fourth-order valence-corrected chi connectivity index (χ4v) is 1.47. The molecular formula is C8H9ClFNO2S. The first-order chi connectivity index (χ1) is 6.09. The molecule has 1 N–H and O–H groups in total. The third-order valence-corrected chi connectivity index (χ3v) is 2.49. The molecule has 3 nitrogen and oxygen atoms in total. The van der Waals surface area contributed by atoms with Crippen LogP contribution in [0.3, 0.4) is 0 Å². The van der Waals surface area contributed by atoms with Crippen molar-refractivity contribution in [2.45, 2.75) is 4.90 Å². The van der Waals surface area contributed by atoms with Crippen LogP contribution >= 0.6 is 23.5 Å². The number of rotatable bonds is 2. The van der Waals surface area contributed by atoms with Gasteiger partial charge in [0.25, 0.3) is 0 Å². The molecule has 78 valence electrons. The molecule has 0 aliphatic carbocycles. The van der Waals surface area contributed by atoms with E-state index in [0.29, 0.717) is 5.02 Å². The molecule has 1 rings (SSSR count). The Hall–Kier alpha value is -0.940. The minimum Gasteiger partial charge on any atom is -0.464 e. The van der Waals surface area contributed by atoms with Crippen LogP contribution in [-0.4, -0.2) is 22.6 Å². The van der Waals surface area contributed by atoms with E-state index in [4.69, 9.17) is 16.7 Å². The van der Waals surface area contributed by atoms with Gasteiger partial charge >= 0.3 is 6.09 Å². The number of carbonyl (C=O) groups is 1. The van der Waals surface area contributed by atoms with Gasteiger partial charge < -0.3 is 5.11 Å². The van der Waals surface area contributed by atoms with Crippen LogP contribution in [0.5, 0.6) is 0 Å². The van der Waals surface area contributed by atoms with E-state index in [1.807, 2.05) is 0 Å². The molecule has 0 atom stereocenters. The fraction of sp³-hybridized carbons (Fsp3) is 0.125. The van der Waals surface area contributed by atoms with Gasteiger partial charge in [0.15, 0.2) is 0 Å². The molecule has 1 amide bonds. The predicted molar refractivity (Wildman–Crippen MR) is 55.6 cm³/mol. The molecule has 0 spiro atoms. The van der Waals surface area contributed by atoms with E-state index in [9.17, 15) is 4.79 Å². The van der Waals surface area contributed by atoms with E-state index in [0.717, 1.165) is 21.1 Å². The molecule has 0 aliphatic rings. The lowest BCUT2D eigenvalue weighted by atomic mass is 10.4. The van der Waals surface area contributed by atoms with E-state index >= 15 is 0 Å². The van der Waals surface area contributed by atoms with Gasteiger partial charge in [-0.3, -0.25) is 9.01 Å². The van der Waals surface area contributed by atoms with Crippen LogP contribution in [0, 0.1) is 0 Å². The Morgan fingerprint density at radius 1 is 1.43 bits per heavy atom. The summed E-state index contributed by atoms with van der Waals surface area (Å²) in [6.07, 6.45) is -0.972. The molecule has 0 bridgehead atoms. The Kier molecular flexibility index (Phi) is 5.34. The van der Waals surface area contributed by atoms with Crippen LogP contribution < -0.4 is 0 Å². The zero-order valence-corrected chi connectivity index (χ0v) is 8.88. The van der Waals surface area contributed by atoms with Crippen molar-refractivity contribution in [2.75, 3.05) is 7.05 Å². The van der Waals surface area contributed by atoms with Gasteiger partial charge in [-0.2, -0.15) is 0 Å². The van der Waals surface area contributed by atoms with Crippen molar-refractivity contribution in [3.63, 3.8) is 0 Å². The first-order valence-electron chi connectivity index (χ1n) is 3.50. The summed E-state index contributed by atoms with van der Waals surface area (Å²) < 4.78 is 1.13. The van der Waals surface area contributed by atoms with Gasteiger partial charge in [0.1, 0.15) is 0 Å². The van der Waals surface area contributed by atoms with Gasteiger partial charge in [0.05, 0.1) is 0 Å². The SMILES string of the molecule is CN(Sc1ccc(Cl)cc1)C(=O)O.F. The summed E-state index contributed by atoms with van der Waals surface area (Å²) in [7, 11) is 1.49. The maximum absolute atomic E-state index is 10.4. The average molecular weight is 238 g/mol. The quantitative estimate of drug-likeness (QED) is 0.804. The summed E-state index contributed by atoms with van der Waals surface area (Å²) in [5.74, 6) is 0. The van der Waals surface area contributed by atoms with E-state index in [-0.39, 0.29) is 4.70 Å². The third kappa shape index (κ3) is 3.85. The lowest BCUT2D eigenvalue weighted by molar-refractivity contribution is 0.181. The largest absolute Gasteiger partial charge is 0.464 e. The third-order valence-electron chi connectivity index (χ3n) is 1.33. The highest BCUT2D eigenvalue weighted by atomic mass is 35.5. The van der Waals surface area contributed by atoms with Crippen LogP contribution in [-0.2, 0) is 0 Å². The Balaban J connectivity index is 0.00000169. The Labute approximate surface area is 90.2 Å². The first-order valence-corrected chi connectivity index (χ1v) is 4.65. The summed E-state index contributed by atoms with van der Waals surface area (Å²) >= 11 is 6.81. The molecule has 0 unspecified atom stereocenters. The minimum atomic E-state index is -0.972. The summed E-state index contributed by atoms with van der Waals surface area (Å²) in [5.41, 5.74) is 0. The fourth-order valence-electron chi connectivity index (χ4n) is 0.693. The van der Waals surface area contributed by atoms with Crippen molar-refractivity contribution in [2.24, 2.45) is 0 Å². The number of halogens is 2. The van der Waals surface area contributed by atoms with Crippen LogP contribution in [0.15, 0.2) is 29.2 Å². The molecule has 0 saturated heterocycles. The van der Waals surface area contributed by atoms with E-state index in [2.05, 4.69) is 0 Å². The normalized spacial score (nSPS) is 9.00. The summed E-state index contributed by atoms with van der Waals surface area (Å²) in [5, 5.41) is 9.22. The molecule has 0 saturated carbocycles. The summed E-state index contributed by atoms with van der Waals surface area (Å²) in [4.78, 5) is 11.3. The van der Waals surface area contributed by atoms with Gasteiger partial charge in [0.2, 0.25) is 0 Å². The van der Waals surface area contributed by atoms with E-state index in [1.54, 1.807) is 24.3 Å². The molecule has 1 aromatic rings. The molecule has 0 radical (unpaired) electrons. The lowest BCUT2D eigenvalue weighted by Crippen LogP contribution is -2.15. The van der Waals surface area contributed by atoms with Crippen molar-refractivity contribution in [1.82, 2.24) is 4.31 Å². The predicted octanol–water partition coefficient (Wildman–Crippen LogP) is 3.11. The van der Waals surface area contributed by atoms with Crippen LogP contribution in [0.2, 0.25) is 5.02 Å². The van der Waals surface area contributed by atoms with Gasteiger partial charge in [0, 0.05) is 17.0 Å². The maximum atomic E-state index is 10.4. The van der Waals surface area contributed by atoms with Crippen molar-refractivity contribution in [3.8, 4) is 0 Å². The van der Waals surface area contributed by atoms with Crippen LogP contribution in [0.25, 0.3) is 0 Å². The number of benzene rings is 1. The van der Waals surface area contributed by atoms with Crippen molar-refractivity contribution in [3.05, 3.63) is 29.3 Å². The zero-order chi connectivity index (χ0) is 9.84. The Morgan fingerprint density at radius 2 is 1.93 bits per heavy atom. The number of hydrogen-bond acceptors (Lipinski definition) is 2. The maximum Gasteiger partial charge on any atom is 0.417 e. The van der Waals surface area contributed by atoms with Crippen molar-refractivity contribution >= 4 is 29.6 Å². The number of carboxylic acid groups (broad SMARTS) is 1. The van der Waals surface area contributed by atoms with Crippen molar-refractivity contribution < 1.29 is 14.6 Å². The highest BCUT2D eigenvalue weighted by Crippen LogP contribution is 2.22. The van der Waals surface area contributed by atoms with Crippen molar-refractivity contribution in [1.29, 1.82) is 0 Å². The molecule has 0 aliphatic heterocycles. The topological polar surface area (TPSA) is 40.5 Å². The first kappa shape index (κ1) is 13.1.